The molecule has 1 fully saturated rings. The van der Waals surface area contributed by atoms with E-state index < -0.39 is 7.98 Å². The number of benzene rings is 1. The third-order valence-electron chi connectivity index (χ3n) is 4.50. The Kier molecular flexibility index (Phi) is 6.29. The van der Waals surface area contributed by atoms with E-state index in [0.717, 1.165) is 31.6 Å². The van der Waals surface area contributed by atoms with Gasteiger partial charge in [0.2, 0.25) is 0 Å². The van der Waals surface area contributed by atoms with Gasteiger partial charge in [-0.25, -0.2) is 0 Å². The van der Waals surface area contributed by atoms with Gasteiger partial charge in [0.15, 0.2) is 0 Å². The van der Waals surface area contributed by atoms with Crippen molar-refractivity contribution in [1.29, 1.82) is 0 Å². The predicted molar refractivity (Wildman–Crippen MR) is 103 cm³/mol. The molecule has 1 aliphatic carbocycles. The molecule has 0 radical (unpaired) electrons. The monoisotopic (exact) mass is 436 g/mol. The Bertz CT molecular complexity index is 451. The van der Waals surface area contributed by atoms with E-state index in [-0.39, 0.29) is 11.1 Å². The van der Waals surface area contributed by atoms with Crippen molar-refractivity contribution in [2.45, 2.75) is 51.2 Å². The van der Waals surface area contributed by atoms with Crippen LogP contribution in [-0.4, -0.2) is 25.8 Å². The number of halogens is 1. The van der Waals surface area contributed by atoms with Gasteiger partial charge in [-0.05, 0) is 28.8 Å². The lowest BCUT2D eigenvalue weighted by molar-refractivity contribution is 0.0963. The van der Waals surface area contributed by atoms with Gasteiger partial charge in [-0.3, -0.25) is 0 Å². The van der Waals surface area contributed by atoms with E-state index in [0.29, 0.717) is 5.92 Å². The van der Waals surface area contributed by atoms with Crippen LogP contribution in [0.5, 0.6) is 0 Å². The molecule has 1 N–H and O–H groups in total. The molecule has 0 saturated heterocycles. The van der Waals surface area contributed by atoms with Crippen LogP contribution in [0.1, 0.15) is 40.0 Å². The van der Waals surface area contributed by atoms with Crippen LogP contribution >= 0.6 is 27.8 Å². The van der Waals surface area contributed by atoms with Gasteiger partial charge in [0.1, 0.15) is 0 Å². The van der Waals surface area contributed by atoms with Gasteiger partial charge in [0.05, 0.1) is 6.10 Å². The first-order valence-corrected chi connectivity index (χ1v) is 14.7. The standard InChI is InChI=1S/C16H26IO2PSi/c1-16(2,3)21(20-17,14-9-5-4-6-10-14)19-12-13-8-7-11-15(13)18/h4-6,9-10,13,15,18,20H,7-8,11-12H2,1-3H3/t13-,15+,21?/m0/s1. The maximum atomic E-state index is 10.1. The van der Waals surface area contributed by atoms with Crippen LogP contribution in [0.25, 0.3) is 0 Å². The van der Waals surface area contributed by atoms with Gasteiger partial charge in [0.25, 0.3) is 7.98 Å². The summed E-state index contributed by atoms with van der Waals surface area (Å²) < 4.78 is 6.67. The molecule has 1 saturated carbocycles. The molecule has 5 heteroatoms. The highest BCUT2D eigenvalue weighted by atomic mass is 127. The van der Waals surface area contributed by atoms with E-state index in [9.17, 15) is 5.11 Å². The average molecular weight is 436 g/mol. The topological polar surface area (TPSA) is 29.5 Å². The Hall–Kier alpha value is 0.517. The Morgan fingerprint density at radius 2 is 1.95 bits per heavy atom. The second-order valence-corrected chi connectivity index (χ2v) is 18.4. The van der Waals surface area contributed by atoms with E-state index in [1.165, 1.54) is 5.19 Å². The summed E-state index contributed by atoms with van der Waals surface area (Å²) in [5, 5.41) is 11.6. The summed E-state index contributed by atoms with van der Waals surface area (Å²) in [6.07, 6.45) is 3.02. The molecule has 21 heavy (non-hydrogen) atoms. The summed E-state index contributed by atoms with van der Waals surface area (Å²) in [6, 6.07) is 10.8. The first-order valence-electron chi connectivity index (χ1n) is 7.66. The molecule has 2 unspecified atom stereocenters. The number of hydrogen-bond acceptors (Lipinski definition) is 2. The molecule has 0 amide bonds. The molecule has 4 atom stereocenters. The lowest BCUT2D eigenvalue weighted by Crippen LogP contribution is -2.54. The molecule has 0 heterocycles. The number of hydrogen-bond donors (Lipinski definition) is 1. The average Bonchev–Trinajstić information content (AvgIpc) is 2.85. The fraction of sp³-hybridized carbons (Fsp3) is 0.625. The zero-order chi connectivity index (χ0) is 15.5. The van der Waals surface area contributed by atoms with Crippen molar-refractivity contribution in [1.82, 2.24) is 0 Å². The minimum absolute atomic E-state index is 0.150. The van der Waals surface area contributed by atoms with Crippen molar-refractivity contribution in [3.8, 4) is 0 Å². The van der Waals surface area contributed by atoms with Gasteiger partial charge in [-0.2, -0.15) is 0 Å². The van der Waals surface area contributed by atoms with Crippen LogP contribution < -0.4 is 5.19 Å². The maximum absolute atomic E-state index is 10.1. The number of aliphatic hydroxyl groups excluding tert-OH is 1. The lowest BCUT2D eigenvalue weighted by atomic mass is 10.1. The molecule has 118 valence electrons. The minimum Gasteiger partial charge on any atom is -0.407 e. The molecular weight excluding hydrogens is 410 g/mol. The molecular formula is C16H26IO2PSi. The van der Waals surface area contributed by atoms with Crippen molar-refractivity contribution in [2.24, 2.45) is 5.92 Å². The van der Waals surface area contributed by atoms with Crippen LogP contribution in [0.3, 0.4) is 0 Å². The Morgan fingerprint density at radius 3 is 2.43 bits per heavy atom. The summed E-state index contributed by atoms with van der Waals surface area (Å²) in [5.74, 6) is 1.10. The summed E-state index contributed by atoms with van der Waals surface area (Å²) >= 11 is 2.52. The van der Waals surface area contributed by atoms with Crippen molar-refractivity contribution in [3.05, 3.63) is 30.3 Å². The van der Waals surface area contributed by atoms with Gasteiger partial charge in [-0.1, -0.05) is 79.6 Å². The van der Waals surface area contributed by atoms with Gasteiger partial charge in [0, 0.05) is 12.5 Å². The summed E-state index contributed by atoms with van der Waals surface area (Å²) in [5.41, 5.74) is 0. The fourth-order valence-corrected chi connectivity index (χ4v) is 19.7. The molecule has 1 aliphatic rings. The third kappa shape index (κ3) is 3.89. The molecule has 0 aliphatic heterocycles. The first kappa shape index (κ1) is 17.9. The normalized spacial score (nSPS) is 26.3. The fourth-order valence-electron chi connectivity index (χ4n) is 3.07. The molecule has 2 nitrogen and oxygen atoms in total. The molecule has 2 rings (SSSR count). The van der Waals surface area contributed by atoms with Gasteiger partial charge in [-0.15, -0.1) is 0 Å². The smallest absolute Gasteiger partial charge is 0.261 e. The van der Waals surface area contributed by atoms with Crippen LogP contribution in [0.15, 0.2) is 30.3 Å². The quantitative estimate of drug-likeness (QED) is 0.423. The summed E-state index contributed by atoms with van der Waals surface area (Å²) in [7, 11) is -2.04. The first-order chi connectivity index (χ1) is 9.90. The highest BCUT2D eigenvalue weighted by Gasteiger charge is 2.48. The number of rotatable bonds is 5. The summed E-state index contributed by atoms with van der Waals surface area (Å²) in [4.78, 5) is 0. The van der Waals surface area contributed by atoms with Crippen LogP contribution in [-0.2, 0) is 4.43 Å². The van der Waals surface area contributed by atoms with E-state index >= 15 is 0 Å². The van der Waals surface area contributed by atoms with Crippen LogP contribution in [0.4, 0.5) is 0 Å². The van der Waals surface area contributed by atoms with Crippen molar-refractivity contribution < 1.29 is 9.53 Å². The van der Waals surface area contributed by atoms with E-state index in [1.54, 1.807) is 0 Å². The van der Waals surface area contributed by atoms with Gasteiger partial charge < -0.3 is 9.53 Å². The molecule has 1 aromatic carbocycles. The van der Waals surface area contributed by atoms with Crippen molar-refractivity contribution in [3.63, 3.8) is 0 Å². The zero-order valence-corrected chi connectivity index (χ0v) is 17.3. The van der Waals surface area contributed by atoms with Gasteiger partial charge >= 0.3 is 0 Å². The molecule has 0 bridgehead atoms. The third-order valence-corrected chi connectivity index (χ3v) is 19.8. The Balaban J connectivity index is 2.24. The lowest BCUT2D eigenvalue weighted by Gasteiger charge is -2.41. The van der Waals surface area contributed by atoms with E-state index in [2.05, 4.69) is 73.1 Å². The maximum Gasteiger partial charge on any atom is 0.261 e. The molecule has 0 spiro atoms. The van der Waals surface area contributed by atoms with Crippen molar-refractivity contribution >= 4 is 41.0 Å². The largest absolute Gasteiger partial charge is 0.407 e. The zero-order valence-electron chi connectivity index (χ0n) is 13.1. The highest BCUT2D eigenvalue weighted by molar-refractivity contribution is 14.2. The Labute approximate surface area is 144 Å². The Morgan fingerprint density at radius 1 is 1.29 bits per heavy atom. The highest BCUT2D eigenvalue weighted by Crippen LogP contribution is 2.51. The predicted octanol–water partition coefficient (Wildman–Crippen LogP) is 4.34. The second kappa shape index (κ2) is 7.39. The van der Waals surface area contributed by atoms with E-state index in [1.807, 2.05) is 0 Å². The molecule has 1 aromatic rings. The second-order valence-electron chi connectivity index (χ2n) is 6.96. The molecule has 0 aromatic heterocycles. The van der Waals surface area contributed by atoms with Crippen LogP contribution in [0, 0.1) is 5.92 Å². The van der Waals surface area contributed by atoms with E-state index in [4.69, 9.17) is 4.43 Å². The summed E-state index contributed by atoms with van der Waals surface area (Å²) in [6.45, 7) is 7.64. The minimum atomic E-state index is -2.04. The number of aliphatic hydroxyl groups is 1. The van der Waals surface area contributed by atoms with Crippen molar-refractivity contribution in [2.75, 3.05) is 6.61 Å². The van der Waals surface area contributed by atoms with Crippen LogP contribution in [0.2, 0.25) is 5.04 Å². The SMILES string of the molecule is CC(C)(C)[Si](OC[C@@H]1CCC[C@H]1O)(PI)c1ccccc1.